The van der Waals surface area contributed by atoms with Crippen LogP contribution in [0.2, 0.25) is 0 Å². The van der Waals surface area contributed by atoms with Gasteiger partial charge in [0.05, 0.1) is 0 Å². The molecule has 9 heteroatoms. The predicted octanol–water partition coefficient (Wildman–Crippen LogP) is 3.20. The van der Waals surface area contributed by atoms with Crippen molar-refractivity contribution in [1.82, 2.24) is 15.3 Å². The minimum atomic E-state index is -4.55. The number of hydrogen-bond donors (Lipinski definition) is 2. The highest BCUT2D eigenvalue weighted by atomic mass is 32.1. The van der Waals surface area contributed by atoms with Crippen LogP contribution in [0.25, 0.3) is 0 Å². The Balaban J connectivity index is 2.27. The molecule has 0 aromatic carbocycles. The van der Waals surface area contributed by atoms with Crippen LogP contribution in [0.15, 0.2) is 18.7 Å². The van der Waals surface area contributed by atoms with Gasteiger partial charge in [0.15, 0.2) is 10.8 Å². The van der Waals surface area contributed by atoms with Crippen LogP contribution in [0.1, 0.15) is 25.5 Å². The van der Waals surface area contributed by atoms with Crippen LogP contribution in [-0.4, -0.2) is 34.7 Å². The third-order valence-corrected chi connectivity index (χ3v) is 3.86. The molecule has 0 aliphatic carbocycles. The van der Waals surface area contributed by atoms with E-state index in [-0.39, 0.29) is 16.9 Å². The van der Waals surface area contributed by atoms with Gasteiger partial charge in [-0.25, -0.2) is 4.98 Å². The topological polar surface area (TPSA) is 53.1 Å². The summed E-state index contributed by atoms with van der Waals surface area (Å²) in [4.78, 5) is 9.60. The minimum absolute atomic E-state index is 0.146. The smallest absolute Gasteiger partial charge is 0.359 e. The molecule has 0 radical (unpaired) electrons. The number of anilines is 2. The molecular weight excluding hydrogens is 339 g/mol. The van der Waals surface area contributed by atoms with Crippen LogP contribution in [0.3, 0.4) is 0 Å². The fraction of sp³-hybridized carbons (Fsp3) is 0.533. The highest BCUT2D eigenvalue weighted by Crippen LogP contribution is 2.31. The van der Waals surface area contributed by atoms with Crippen molar-refractivity contribution >= 4 is 29.1 Å². The zero-order valence-corrected chi connectivity index (χ0v) is 14.2. The monoisotopic (exact) mass is 359 g/mol. The number of alkyl halides is 3. The lowest BCUT2D eigenvalue weighted by molar-refractivity contribution is -0.141. The van der Waals surface area contributed by atoms with E-state index in [2.05, 4.69) is 34.1 Å². The Labute approximate surface area is 144 Å². The van der Waals surface area contributed by atoms with E-state index >= 15 is 0 Å². The molecule has 1 aromatic rings. The van der Waals surface area contributed by atoms with E-state index in [0.717, 1.165) is 18.9 Å². The molecule has 24 heavy (non-hydrogen) atoms. The molecule has 2 rings (SSSR count). The first kappa shape index (κ1) is 18.4. The van der Waals surface area contributed by atoms with Crippen LogP contribution >= 0.6 is 12.2 Å². The molecule has 1 atom stereocenters. The van der Waals surface area contributed by atoms with E-state index in [9.17, 15) is 13.2 Å². The molecule has 1 aliphatic rings. The Bertz CT molecular complexity index is 605. The molecule has 2 heterocycles. The number of aromatic nitrogens is 2. The van der Waals surface area contributed by atoms with Gasteiger partial charge in [-0.05, 0) is 31.0 Å². The first-order valence-electron chi connectivity index (χ1n) is 7.66. The van der Waals surface area contributed by atoms with Crippen LogP contribution in [-0.2, 0) is 6.18 Å². The van der Waals surface area contributed by atoms with Crippen molar-refractivity contribution in [2.45, 2.75) is 25.9 Å². The highest BCUT2D eigenvalue weighted by molar-refractivity contribution is 7.80. The average Bonchev–Trinajstić information content (AvgIpc) is 2.52. The maximum Gasteiger partial charge on any atom is 0.433 e. The number of halogens is 3. The van der Waals surface area contributed by atoms with Gasteiger partial charge in [0.2, 0.25) is 5.95 Å². The third-order valence-electron chi connectivity index (χ3n) is 3.62. The van der Waals surface area contributed by atoms with Crippen LogP contribution < -0.4 is 15.5 Å². The normalized spacial score (nSPS) is 18.2. The van der Waals surface area contributed by atoms with Gasteiger partial charge in [-0.2, -0.15) is 18.2 Å². The average molecular weight is 359 g/mol. The second-order valence-corrected chi connectivity index (χ2v) is 6.16. The summed E-state index contributed by atoms with van der Waals surface area (Å²) in [5.41, 5.74) is -0.986. The fourth-order valence-corrected chi connectivity index (χ4v) is 2.68. The molecule has 1 aromatic heterocycles. The molecule has 1 fully saturated rings. The molecule has 0 bridgehead atoms. The van der Waals surface area contributed by atoms with E-state index in [4.69, 9.17) is 12.2 Å². The molecular formula is C15H20F3N5S. The van der Waals surface area contributed by atoms with Gasteiger partial charge >= 0.3 is 6.18 Å². The number of hydrogen-bond acceptors (Lipinski definition) is 4. The van der Waals surface area contributed by atoms with E-state index < -0.39 is 11.9 Å². The lowest BCUT2D eigenvalue weighted by atomic mass is 10.0. The molecule has 1 aliphatic heterocycles. The summed E-state index contributed by atoms with van der Waals surface area (Å²) >= 11 is 5.01. The van der Waals surface area contributed by atoms with Gasteiger partial charge in [0, 0.05) is 25.7 Å². The van der Waals surface area contributed by atoms with Crippen LogP contribution in [0, 0.1) is 5.92 Å². The number of piperidine rings is 1. The summed E-state index contributed by atoms with van der Waals surface area (Å²) in [6.45, 7) is 7.35. The van der Waals surface area contributed by atoms with Crippen molar-refractivity contribution in [3.63, 3.8) is 0 Å². The lowest BCUT2D eigenvalue weighted by Gasteiger charge is -2.32. The third kappa shape index (κ3) is 5.05. The molecule has 2 N–H and O–H groups in total. The zero-order chi connectivity index (χ0) is 17.7. The zero-order valence-electron chi connectivity index (χ0n) is 13.4. The fourth-order valence-electron chi connectivity index (χ4n) is 2.51. The van der Waals surface area contributed by atoms with Gasteiger partial charge in [0.25, 0.3) is 0 Å². The molecule has 0 unspecified atom stereocenters. The van der Waals surface area contributed by atoms with E-state index in [1.54, 1.807) is 6.08 Å². The van der Waals surface area contributed by atoms with Crippen molar-refractivity contribution in [3.8, 4) is 0 Å². The summed E-state index contributed by atoms with van der Waals surface area (Å²) in [5, 5.41) is 5.52. The summed E-state index contributed by atoms with van der Waals surface area (Å²) in [6, 6.07) is 0.990. The van der Waals surface area contributed by atoms with Gasteiger partial charge in [0.1, 0.15) is 5.82 Å². The summed E-state index contributed by atoms with van der Waals surface area (Å²) < 4.78 is 39.4. The Morgan fingerprint density at radius 3 is 2.88 bits per heavy atom. The quantitative estimate of drug-likeness (QED) is 0.636. The van der Waals surface area contributed by atoms with Gasteiger partial charge in [-0.15, -0.1) is 6.58 Å². The Morgan fingerprint density at radius 2 is 2.25 bits per heavy atom. The highest BCUT2D eigenvalue weighted by Gasteiger charge is 2.34. The second-order valence-electron chi connectivity index (χ2n) is 5.75. The van der Waals surface area contributed by atoms with Crippen LogP contribution in [0.4, 0.5) is 24.9 Å². The van der Waals surface area contributed by atoms with E-state index in [0.29, 0.717) is 25.6 Å². The molecule has 5 nitrogen and oxygen atoms in total. The first-order valence-corrected chi connectivity index (χ1v) is 8.07. The summed E-state index contributed by atoms with van der Waals surface area (Å²) in [7, 11) is 0. The molecule has 0 amide bonds. The molecule has 1 saturated heterocycles. The number of nitrogens with one attached hydrogen (secondary N) is 2. The maximum atomic E-state index is 13.1. The molecule has 132 valence electrons. The first-order chi connectivity index (χ1) is 11.3. The molecule has 0 saturated carbocycles. The van der Waals surface area contributed by atoms with Gasteiger partial charge in [-0.3, -0.25) is 0 Å². The number of thiocarbonyl (C=S) groups is 1. The van der Waals surface area contributed by atoms with E-state index in [1.807, 2.05) is 4.90 Å². The van der Waals surface area contributed by atoms with Gasteiger partial charge < -0.3 is 15.5 Å². The van der Waals surface area contributed by atoms with Crippen molar-refractivity contribution in [2.75, 3.05) is 29.9 Å². The van der Waals surface area contributed by atoms with Gasteiger partial charge in [-0.1, -0.05) is 13.0 Å². The van der Waals surface area contributed by atoms with Crippen molar-refractivity contribution in [2.24, 2.45) is 5.92 Å². The lowest BCUT2D eigenvalue weighted by Crippen LogP contribution is -2.35. The van der Waals surface area contributed by atoms with Crippen molar-refractivity contribution in [3.05, 3.63) is 24.4 Å². The van der Waals surface area contributed by atoms with E-state index in [1.165, 1.54) is 0 Å². The largest absolute Gasteiger partial charge is 0.433 e. The number of rotatable bonds is 4. The summed E-state index contributed by atoms with van der Waals surface area (Å²) in [6.07, 6.45) is -0.976. The maximum absolute atomic E-state index is 13.1. The minimum Gasteiger partial charge on any atom is -0.359 e. The Kier molecular flexibility index (Phi) is 5.98. The number of nitrogens with zero attached hydrogens (tertiary/aromatic N) is 3. The molecule has 0 spiro atoms. The second kappa shape index (κ2) is 7.78. The summed E-state index contributed by atoms with van der Waals surface area (Å²) in [5.74, 6) is 0.507. The predicted molar refractivity (Wildman–Crippen MR) is 92.1 cm³/mol. The standard InChI is InChI=1S/C15H20F3N5S/c1-3-6-19-14(24)22-13-20-11(15(16,17)18)8-12(21-13)23-7-4-5-10(2)9-23/h3,8,10H,1,4-7,9H2,2H3,(H2,19,20,21,22,24)/t10-/m0/s1. The Morgan fingerprint density at radius 1 is 1.50 bits per heavy atom. The van der Waals surface area contributed by atoms with Crippen LogP contribution in [0.5, 0.6) is 0 Å². The SMILES string of the molecule is C=CCNC(=S)Nc1nc(N2CCC[C@H](C)C2)cc(C(F)(F)F)n1. The van der Waals surface area contributed by atoms with Crippen molar-refractivity contribution in [1.29, 1.82) is 0 Å². The Hall–Kier alpha value is -1.90. The van der Waals surface area contributed by atoms with Crippen molar-refractivity contribution < 1.29 is 13.2 Å².